The van der Waals surface area contributed by atoms with E-state index in [-0.39, 0.29) is 18.0 Å². The molecule has 210 valence electrons. The molecule has 2 aliphatic carbocycles. The predicted molar refractivity (Wildman–Crippen MR) is 159 cm³/mol. The number of ether oxygens (including phenoxy) is 1. The van der Waals surface area contributed by atoms with Gasteiger partial charge in [-0.2, -0.15) is 5.10 Å². The van der Waals surface area contributed by atoms with Crippen LogP contribution in [0.3, 0.4) is 0 Å². The molecule has 9 nitrogen and oxygen atoms in total. The summed E-state index contributed by atoms with van der Waals surface area (Å²) >= 11 is 0. The summed E-state index contributed by atoms with van der Waals surface area (Å²) in [5, 5.41) is 8.35. The molecule has 1 amide bonds. The maximum atomic E-state index is 13.8. The van der Waals surface area contributed by atoms with E-state index in [4.69, 9.17) is 15.5 Å². The van der Waals surface area contributed by atoms with E-state index >= 15 is 0 Å². The number of para-hydroxylation sites is 1. The van der Waals surface area contributed by atoms with Crippen LogP contribution in [0, 0.1) is 11.8 Å². The maximum absolute atomic E-state index is 13.8. The van der Waals surface area contributed by atoms with E-state index in [1.54, 1.807) is 7.11 Å². The Kier molecular flexibility index (Phi) is 5.54. The second-order valence-electron chi connectivity index (χ2n) is 12.2. The van der Waals surface area contributed by atoms with Gasteiger partial charge < -0.3 is 24.5 Å². The number of piperidine rings is 2. The molecule has 41 heavy (non-hydrogen) atoms. The molecule has 4 fully saturated rings. The predicted octanol–water partition coefficient (Wildman–Crippen LogP) is 4.96. The van der Waals surface area contributed by atoms with Crippen molar-refractivity contribution < 1.29 is 9.53 Å². The third-order valence-electron chi connectivity index (χ3n) is 9.65. The van der Waals surface area contributed by atoms with Crippen LogP contribution in [0.25, 0.3) is 44.6 Å². The number of aryl methyl sites for hydroxylation is 1. The van der Waals surface area contributed by atoms with Gasteiger partial charge in [0.1, 0.15) is 11.3 Å². The number of nitrogens with one attached hydrogen (secondary N) is 1. The molecular weight excluding hydrogens is 514 g/mol. The van der Waals surface area contributed by atoms with Gasteiger partial charge in [-0.25, -0.2) is 4.98 Å². The SMILES string of the molecule is COc1cc(C(=O)N2C[C@H]3CC[C@@H]2C[C@@H]3N)cc2nc(-c3cc4cccc(-c5cn[nH]c5)c4n3CC3CC3)n(C)c12. The summed E-state index contributed by atoms with van der Waals surface area (Å²) < 4.78 is 10.4. The summed E-state index contributed by atoms with van der Waals surface area (Å²) in [6, 6.07) is 12.9. The number of amides is 1. The molecule has 3 atom stereocenters. The lowest BCUT2D eigenvalue weighted by Crippen LogP contribution is -2.58. The number of nitrogens with two attached hydrogens (primary N) is 1. The molecule has 3 aromatic heterocycles. The van der Waals surface area contributed by atoms with E-state index in [0.717, 1.165) is 66.0 Å². The quantitative estimate of drug-likeness (QED) is 0.312. The van der Waals surface area contributed by atoms with Gasteiger partial charge >= 0.3 is 0 Å². The number of carbonyl (C=O) groups excluding carboxylic acids is 1. The summed E-state index contributed by atoms with van der Waals surface area (Å²) in [7, 11) is 3.70. The van der Waals surface area contributed by atoms with Gasteiger partial charge in [-0.05, 0) is 62.1 Å². The van der Waals surface area contributed by atoms with E-state index in [1.807, 2.05) is 36.5 Å². The Hall–Kier alpha value is -4.11. The minimum atomic E-state index is 0.0478. The molecule has 9 rings (SSSR count). The number of H-pyrrole nitrogens is 1. The molecule has 0 unspecified atom stereocenters. The van der Waals surface area contributed by atoms with Crippen LogP contribution >= 0.6 is 0 Å². The Morgan fingerprint density at radius 2 is 2.02 bits per heavy atom. The highest BCUT2D eigenvalue weighted by Crippen LogP contribution is 2.41. The highest BCUT2D eigenvalue weighted by atomic mass is 16.5. The van der Waals surface area contributed by atoms with Crippen molar-refractivity contribution in [3.8, 4) is 28.4 Å². The molecule has 2 saturated heterocycles. The zero-order valence-corrected chi connectivity index (χ0v) is 23.5. The highest BCUT2D eigenvalue weighted by molar-refractivity contribution is 6.01. The molecule has 2 aliphatic heterocycles. The zero-order valence-electron chi connectivity index (χ0n) is 23.5. The Bertz CT molecular complexity index is 1800. The first-order chi connectivity index (χ1) is 20.0. The average Bonchev–Trinajstić information content (AvgIpc) is 3.35. The second kappa shape index (κ2) is 9.21. The minimum absolute atomic E-state index is 0.0478. The number of aromatic nitrogens is 5. The van der Waals surface area contributed by atoms with Gasteiger partial charge in [-0.15, -0.1) is 0 Å². The molecule has 9 heteroatoms. The first-order valence-electron chi connectivity index (χ1n) is 14.7. The summed E-state index contributed by atoms with van der Waals surface area (Å²) in [6.45, 7) is 1.68. The van der Waals surface area contributed by atoms with E-state index < -0.39 is 0 Å². The standard InChI is InChI=1S/C32H35N7O2/c1-37-30-26(10-21(12-28(30)41-2)32(40)38-17-20-8-9-23(38)13-25(20)33)36-31(37)27-11-19-4-3-5-24(22-14-34-35-15-22)29(19)39(27)16-18-6-7-18/h3-5,10-12,14-15,18,20,23,25H,6-9,13,16-17,33H2,1-2H3,(H,34,35)/t20-,23-,25+/m1/s1. The number of hydrogen-bond acceptors (Lipinski definition) is 5. The number of nitrogens with zero attached hydrogens (tertiary/aromatic N) is 5. The lowest BCUT2D eigenvalue weighted by atomic mass is 9.76. The number of carbonyl (C=O) groups is 1. The number of methoxy groups -OCH3 is 1. The minimum Gasteiger partial charge on any atom is -0.494 e. The molecular formula is C32H35N7O2. The molecule has 5 aromatic rings. The smallest absolute Gasteiger partial charge is 0.254 e. The van der Waals surface area contributed by atoms with Crippen LogP contribution in [0.15, 0.2) is 48.8 Å². The normalized spacial score (nSPS) is 22.2. The number of imidazole rings is 1. The zero-order chi connectivity index (χ0) is 27.8. The Morgan fingerprint density at radius 1 is 1.15 bits per heavy atom. The Labute approximate surface area is 238 Å². The first-order valence-corrected chi connectivity index (χ1v) is 14.7. The van der Waals surface area contributed by atoms with Gasteiger partial charge in [0.25, 0.3) is 5.91 Å². The molecule has 2 saturated carbocycles. The van der Waals surface area contributed by atoms with Crippen LogP contribution in [0.2, 0.25) is 0 Å². The third-order valence-corrected chi connectivity index (χ3v) is 9.65. The molecule has 2 bridgehead atoms. The van der Waals surface area contributed by atoms with Crippen LogP contribution < -0.4 is 10.5 Å². The fraction of sp³-hybridized carbons (Fsp3) is 0.406. The van der Waals surface area contributed by atoms with Crippen LogP contribution in [-0.4, -0.2) is 60.9 Å². The first kappa shape index (κ1) is 24.7. The van der Waals surface area contributed by atoms with Crippen LogP contribution in [0.1, 0.15) is 42.5 Å². The molecule has 0 spiro atoms. The van der Waals surface area contributed by atoms with E-state index in [0.29, 0.717) is 23.1 Å². The fourth-order valence-electron chi connectivity index (χ4n) is 7.28. The summed E-state index contributed by atoms with van der Waals surface area (Å²) in [6.07, 6.45) is 9.35. The molecule has 5 heterocycles. The largest absolute Gasteiger partial charge is 0.494 e. The van der Waals surface area contributed by atoms with Gasteiger partial charge in [0.15, 0.2) is 5.82 Å². The molecule has 4 aliphatic rings. The van der Waals surface area contributed by atoms with Gasteiger partial charge in [0.2, 0.25) is 0 Å². The highest BCUT2D eigenvalue weighted by Gasteiger charge is 2.41. The van der Waals surface area contributed by atoms with Crippen LogP contribution in [0.4, 0.5) is 0 Å². The number of hydrogen-bond donors (Lipinski definition) is 2. The summed E-state index contributed by atoms with van der Waals surface area (Å²) in [5.41, 5.74) is 13.1. The van der Waals surface area contributed by atoms with Crippen molar-refractivity contribution in [3.63, 3.8) is 0 Å². The van der Waals surface area contributed by atoms with Crippen LogP contribution in [0.5, 0.6) is 5.75 Å². The second-order valence-corrected chi connectivity index (χ2v) is 12.2. The number of benzene rings is 2. The average molecular weight is 550 g/mol. The van der Waals surface area contributed by atoms with Gasteiger partial charge in [-0.3, -0.25) is 9.89 Å². The van der Waals surface area contributed by atoms with E-state index in [2.05, 4.69) is 43.6 Å². The number of aromatic amines is 1. The number of rotatable bonds is 6. The monoisotopic (exact) mass is 549 g/mol. The third kappa shape index (κ3) is 3.89. The Morgan fingerprint density at radius 3 is 2.73 bits per heavy atom. The molecule has 3 N–H and O–H groups in total. The topological polar surface area (TPSA) is 107 Å². The van der Waals surface area contributed by atoms with Crippen molar-refractivity contribution in [1.29, 1.82) is 0 Å². The molecule has 2 aromatic carbocycles. The van der Waals surface area contributed by atoms with Crippen molar-refractivity contribution in [2.24, 2.45) is 24.6 Å². The van der Waals surface area contributed by atoms with Gasteiger partial charge in [0.05, 0.1) is 30.0 Å². The van der Waals surface area contributed by atoms with Crippen molar-refractivity contribution >= 4 is 27.8 Å². The van der Waals surface area contributed by atoms with Crippen LogP contribution in [-0.2, 0) is 13.6 Å². The Balaban J connectivity index is 1.26. The van der Waals surface area contributed by atoms with Gasteiger partial charge in [-0.1, -0.05) is 18.2 Å². The lowest BCUT2D eigenvalue weighted by Gasteiger charge is -2.48. The summed E-state index contributed by atoms with van der Waals surface area (Å²) in [4.78, 5) is 21.0. The van der Waals surface area contributed by atoms with E-state index in [1.165, 1.54) is 23.7 Å². The van der Waals surface area contributed by atoms with Crippen molar-refractivity contribution in [2.45, 2.75) is 50.7 Å². The van der Waals surface area contributed by atoms with Crippen molar-refractivity contribution in [3.05, 3.63) is 54.4 Å². The van der Waals surface area contributed by atoms with E-state index in [9.17, 15) is 4.79 Å². The van der Waals surface area contributed by atoms with Crippen molar-refractivity contribution in [2.75, 3.05) is 13.7 Å². The van der Waals surface area contributed by atoms with Gasteiger partial charge in [0, 0.05) is 60.5 Å². The lowest BCUT2D eigenvalue weighted by molar-refractivity contribution is 0.0261. The number of fused-ring (bicyclic) bond motifs is 5. The molecule has 0 radical (unpaired) electrons. The maximum Gasteiger partial charge on any atom is 0.254 e. The summed E-state index contributed by atoms with van der Waals surface area (Å²) in [5.74, 6) is 2.63. The van der Waals surface area contributed by atoms with Crippen molar-refractivity contribution in [1.82, 2.24) is 29.2 Å². The fourth-order valence-corrected chi connectivity index (χ4v) is 7.28.